The molecule has 1 spiro atoms. The number of rotatable bonds is 6. The van der Waals surface area contributed by atoms with Crippen LogP contribution >= 0.6 is 0 Å². The lowest BCUT2D eigenvalue weighted by atomic mass is 9.84. The van der Waals surface area contributed by atoms with Gasteiger partial charge >= 0.3 is 0 Å². The Bertz CT molecular complexity index is 292. The average molecular weight is 284 g/mol. The average Bonchev–Trinajstić information content (AvgIpc) is 2.89. The summed E-state index contributed by atoms with van der Waals surface area (Å²) in [6.07, 6.45) is 4.40. The number of nitrogens with one attached hydrogen (secondary N) is 1. The SMILES string of the molecule is CCNC1CCC2(CC1N(C)CC(C)CC)OCCO2. The highest BCUT2D eigenvalue weighted by Gasteiger charge is 2.46. The Balaban J connectivity index is 2.02. The molecule has 0 aromatic carbocycles. The van der Waals surface area contributed by atoms with E-state index in [1.165, 1.54) is 6.42 Å². The van der Waals surface area contributed by atoms with E-state index in [1.54, 1.807) is 0 Å². The molecule has 1 aliphatic carbocycles. The van der Waals surface area contributed by atoms with Crippen LogP contribution in [0.4, 0.5) is 0 Å². The molecule has 2 aliphatic rings. The number of likely N-dealkylation sites (N-methyl/N-ethyl adjacent to an activating group) is 2. The van der Waals surface area contributed by atoms with Crippen LogP contribution in [0, 0.1) is 5.92 Å². The van der Waals surface area contributed by atoms with E-state index >= 15 is 0 Å². The minimum Gasteiger partial charge on any atom is -0.347 e. The molecule has 20 heavy (non-hydrogen) atoms. The number of hydrogen-bond donors (Lipinski definition) is 1. The summed E-state index contributed by atoms with van der Waals surface area (Å²) in [5.74, 6) is 0.450. The lowest BCUT2D eigenvalue weighted by Gasteiger charge is -2.45. The minimum absolute atomic E-state index is 0.291. The summed E-state index contributed by atoms with van der Waals surface area (Å²) in [6.45, 7) is 10.5. The molecule has 4 nitrogen and oxygen atoms in total. The molecule has 3 atom stereocenters. The van der Waals surface area contributed by atoms with Gasteiger partial charge in [0.25, 0.3) is 0 Å². The van der Waals surface area contributed by atoms with Crippen molar-refractivity contribution < 1.29 is 9.47 Å². The Morgan fingerprint density at radius 2 is 2.00 bits per heavy atom. The molecule has 2 rings (SSSR count). The molecular weight excluding hydrogens is 252 g/mol. The summed E-state index contributed by atoms with van der Waals surface area (Å²) >= 11 is 0. The van der Waals surface area contributed by atoms with E-state index in [4.69, 9.17) is 9.47 Å². The molecular formula is C16H32N2O2. The fraction of sp³-hybridized carbons (Fsp3) is 1.00. The number of ether oxygens (including phenoxy) is 2. The van der Waals surface area contributed by atoms with Crippen molar-refractivity contribution in [1.82, 2.24) is 10.2 Å². The van der Waals surface area contributed by atoms with E-state index in [-0.39, 0.29) is 5.79 Å². The van der Waals surface area contributed by atoms with Gasteiger partial charge in [-0.15, -0.1) is 0 Å². The summed E-state index contributed by atoms with van der Waals surface area (Å²) in [7, 11) is 2.26. The van der Waals surface area contributed by atoms with E-state index in [9.17, 15) is 0 Å². The smallest absolute Gasteiger partial charge is 0.170 e. The molecule has 0 radical (unpaired) electrons. The van der Waals surface area contributed by atoms with Crippen molar-refractivity contribution in [1.29, 1.82) is 0 Å². The van der Waals surface area contributed by atoms with Crippen LogP contribution in [0.1, 0.15) is 46.5 Å². The first-order chi connectivity index (χ1) is 9.60. The second kappa shape index (κ2) is 7.21. The second-order valence-electron chi connectivity index (χ2n) is 6.53. The molecule has 0 aromatic heterocycles. The Kier molecular flexibility index (Phi) is 5.84. The lowest BCUT2D eigenvalue weighted by Crippen LogP contribution is -2.57. The zero-order valence-corrected chi connectivity index (χ0v) is 13.7. The van der Waals surface area contributed by atoms with Crippen LogP contribution in [0.3, 0.4) is 0 Å². The Hall–Kier alpha value is -0.160. The summed E-state index contributed by atoms with van der Waals surface area (Å²) in [4.78, 5) is 2.52. The Morgan fingerprint density at radius 3 is 2.60 bits per heavy atom. The topological polar surface area (TPSA) is 33.7 Å². The van der Waals surface area contributed by atoms with Crippen LogP contribution in [0.15, 0.2) is 0 Å². The van der Waals surface area contributed by atoms with Crippen molar-refractivity contribution in [2.24, 2.45) is 5.92 Å². The van der Waals surface area contributed by atoms with Crippen LogP contribution in [0.5, 0.6) is 0 Å². The van der Waals surface area contributed by atoms with Crippen LogP contribution in [0.2, 0.25) is 0 Å². The van der Waals surface area contributed by atoms with Crippen LogP contribution in [0.25, 0.3) is 0 Å². The van der Waals surface area contributed by atoms with Crippen molar-refractivity contribution in [2.75, 3.05) is 33.4 Å². The molecule has 1 N–H and O–H groups in total. The molecule has 0 aromatic rings. The highest BCUT2D eigenvalue weighted by atomic mass is 16.7. The number of nitrogens with zero attached hydrogens (tertiary/aromatic N) is 1. The first-order valence-corrected chi connectivity index (χ1v) is 8.31. The van der Waals surface area contributed by atoms with Crippen LogP contribution < -0.4 is 5.32 Å². The van der Waals surface area contributed by atoms with E-state index in [1.807, 2.05) is 0 Å². The van der Waals surface area contributed by atoms with Crippen LogP contribution in [-0.4, -0.2) is 56.1 Å². The van der Waals surface area contributed by atoms with Gasteiger partial charge < -0.3 is 19.7 Å². The van der Waals surface area contributed by atoms with Crippen molar-refractivity contribution >= 4 is 0 Å². The molecule has 2 fully saturated rings. The third kappa shape index (κ3) is 3.73. The third-order valence-corrected chi connectivity index (χ3v) is 4.96. The Labute approximate surface area is 124 Å². The van der Waals surface area contributed by atoms with Gasteiger partial charge in [0, 0.05) is 31.5 Å². The van der Waals surface area contributed by atoms with E-state index in [0.29, 0.717) is 12.1 Å². The summed E-state index contributed by atoms with van der Waals surface area (Å²) in [5, 5.41) is 3.66. The van der Waals surface area contributed by atoms with E-state index in [0.717, 1.165) is 51.5 Å². The van der Waals surface area contributed by atoms with Gasteiger partial charge in [0.2, 0.25) is 0 Å². The van der Waals surface area contributed by atoms with Gasteiger partial charge in [0.05, 0.1) is 13.2 Å². The first-order valence-electron chi connectivity index (χ1n) is 8.31. The molecule has 1 heterocycles. The fourth-order valence-electron chi connectivity index (χ4n) is 3.61. The van der Waals surface area contributed by atoms with Gasteiger partial charge in [-0.1, -0.05) is 27.2 Å². The lowest BCUT2D eigenvalue weighted by molar-refractivity contribution is -0.192. The molecule has 0 bridgehead atoms. The zero-order valence-electron chi connectivity index (χ0n) is 13.7. The summed E-state index contributed by atoms with van der Waals surface area (Å²) in [6, 6.07) is 1.07. The van der Waals surface area contributed by atoms with Crippen molar-refractivity contribution in [3.05, 3.63) is 0 Å². The van der Waals surface area contributed by atoms with Gasteiger partial charge in [-0.05, 0) is 25.9 Å². The molecule has 118 valence electrons. The molecule has 3 unspecified atom stereocenters. The maximum atomic E-state index is 5.94. The standard InChI is InChI=1S/C16H32N2O2/c1-5-13(3)12-18(4)15-11-16(19-9-10-20-16)8-7-14(15)17-6-2/h13-15,17H,5-12H2,1-4H3. The normalized spacial score (nSPS) is 31.1. The first kappa shape index (κ1) is 16.2. The van der Waals surface area contributed by atoms with Gasteiger partial charge in [-0.2, -0.15) is 0 Å². The second-order valence-corrected chi connectivity index (χ2v) is 6.53. The van der Waals surface area contributed by atoms with E-state index in [2.05, 4.69) is 38.0 Å². The molecule has 1 saturated heterocycles. The fourth-order valence-corrected chi connectivity index (χ4v) is 3.61. The molecule has 0 amide bonds. The van der Waals surface area contributed by atoms with Crippen molar-refractivity contribution in [3.8, 4) is 0 Å². The molecule has 4 heteroatoms. The van der Waals surface area contributed by atoms with Gasteiger partial charge in [-0.3, -0.25) is 0 Å². The zero-order chi connectivity index (χ0) is 14.6. The van der Waals surface area contributed by atoms with Crippen molar-refractivity contribution in [3.63, 3.8) is 0 Å². The summed E-state index contributed by atoms with van der Waals surface area (Å²) in [5.41, 5.74) is 0. The summed E-state index contributed by atoms with van der Waals surface area (Å²) < 4.78 is 11.9. The minimum atomic E-state index is -0.291. The predicted molar refractivity (Wildman–Crippen MR) is 81.8 cm³/mol. The maximum absolute atomic E-state index is 5.94. The highest BCUT2D eigenvalue weighted by molar-refractivity contribution is 4.96. The third-order valence-electron chi connectivity index (χ3n) is 4.96. The van der Waals surface area contributed by atoms with Gasteiger partial charge in [0.15, 0.2) is 5.79 Å². The highest BCUT2D eigenvalue weighted by Crippen LogP contribution is 2.37. The van der Waals surface area contributed by atoms with Gasteiger partial charge in [0.1, 0.15) is 0 Å². The predicted octanol–water partition coefficient (Wildman–Crippen LogP) is 2.24. The maximum Gasteiger partial charge on any atom is 0.170 e. The number of hydrogen-bond acceptors (Lipinski definition) is 4. The van der Waals surface area contributed by atoms with Crippen LogP contribution in [-0.2, 0) is 9.47 Å². The largest absolute Gasteiger partial charge is 0.347 e. The quantitative estimate of drug-likeness (QED) is 0.811. The molecule has 1 aliphatic heterocycles. The Morgan fingerprint density at radius 1 is 1.30 bits per heavy atom. The molecule has 1 saturated carbocycles. The van der Waals surface area contributed by atoms with Crippen molar-refractivity contribution in [2.45, 2.75) is 64.3 Å². The monoisotopic (exact) mass is 284 g/mol. The van der Waals surface area contributed by atoms with Gasteiger partial charge in [-0.25, -0.2) is 0 Å². The van der Waals surface area contributed by atoms with E-state index < -0.39 is 0 Å².